The maximum Gasteiger partial charge on any atom is 0.0965 e. The highest BCUT2D eigenvalue weighted by Crippen LogP contribution is 2.48. The van der Waals surface area contributed by atoms with E-state index in [2.05, 4.69) is 39.9 Å². The van der Waals surface area contributed by atoms with Crippen LogP contribution in [0.4, 0.5) is 0 Å². The van der Waals surface area contributed by atoms with Gasteiger partial charge in [-0.25, -0.2) is 4.98 Å². The maximum atomic E-state index is 4.92. The summed E-state index contributed by atoms with van der Waals surface area (Å²) < 4.78 is 0. The van der Waals surface area contributed by atoms with Gasteiger partial charge in [0.2, 0.25) is 0 Å². The third-order valence-electron chi connectivity index (χ3n) is 3.49. The Bertz CT molecular complexity index is 395. The maximum absolute atomic E-state index is 4.92. The van der Waals surface area contributed by atoms with Crippen LogP contribution in [0.5, 0.6) is 0 Å². The van der Waals surface area contributed by atoms with Crippen LogP contribution in [-0.4, -0.2) is 11.0 Å². The fourth-order valence-electron chi connectivity index (χ4n) is 2.21. The Balaban J connectivity index is 2.10. The zero-order valence-electron chi connectivity index (χ0n) is 12.3. The van der Waals surface area contributed by atoms with Gasteiger partial charge in [-0.05, 0) is 24.7 Å². The number of hydrogen-bond acceptors (Lipinski definition) is 3. The lowest BCUT2D eigenvalue weighted by Crippen LogP contribution is -2.22. The van der Waals surface area contributed by atoms with Crippen molar-refractivity contribution in [2.24, 2.45) is 11.8 Å². The summed E-state index contributed by atoms with van der Waals surface area (Å²) in [5, 5.41) is 4.92. The summed E-state index contributed by atoms with van der Waals surface area (Å²) in [6.45, 7) is 12.3. The molecule has 0 aliphatic heterocycles. The van der Waals surface area contributed by atoms with E-state index in [-0.39, 0.29) is 0 Å². The minimum atomic E-state index is 0.544. The Morgan fingerprint density at radius 2 is 2.00 bits per heavy atom. The van der Waals surface area contributed by atoms with Crippen LogP contribution >= 0.6 is 11.3 Å². The van der Waals surface area contributed by atoms with Gasteiger partial charge in [-0.1, -0.05) is 34.6 Å². The van der Waals surface area contributed by atoms with E-state index in [1.165, 1.54) is 22.0 Å². The zero-order valence-corrected chi connectivity index (χ0v) is 13.1. The van der Waals surface area contributed by atoms with Crippen molar-refractivity contribution >= 4 is 11.3 Å². The second-order valence-electron chi connectivity index (χ2n) is 6.38. The number of hydrogen-bond donors (Lipinski definition) is 1. The number of nitrogens with zero attached hydrogens (tertiary/aromatic N) is 1. The van der Waals surface area contributed by atoms with Crippen molar-refractivity contribution in [2.45, 2.75) is 66.0 Å². The fourth-order valence-corrected chi connectivity index (χ4v) is 3.50. The van der Waals surface area contributed by atoms with E-state index in [0.717, 1.165) is 24.8 Å². The van der Waals surface area contributed by atoms with Crippen molar-refractivity contribution in [2.75, 3.05) is 0 Å². The van der Waals surface area contributed by atoms with Gasteiger partial charge in [0, 0.05) is 23.4 Å². The molecule has 3 heteroatoms. The molecule has 1 saturated carbocycles. The van der Waals surface area contributed by atoms with E-state index in [0.29, 0.717) is 12.0 Å². The molecule has 2 unspecified atom stereocenters. The average molecular weight is 266 g/mol. The summed E-state index contributed by atoms with van der Waals surface area (Å²) in [4.78, 5) is 6.38. The van der Waals surface area contributed by atoms with Gasteiger partial charge in [-0.3, -0.25) is 0 Å². The SMILES string of the molecule is CC(C)Cc1nc(C2CC2C)sc1CNC(C)C. The molecule has 0 aromatic carbocycles. The minimum Gasteiger partial charge on any atom is -0.310 e. The quantitative estimate of drug-likeness (QED) is 0.843. The lowest BCUT2D eigenvalue weighted by Gasteiger charge is -2.08. The fraction of sp³-hybridized carbons (Fsp3) is 0.800. The molecule has 1 aliphatic rings. The van der Waals surface area contributed by atoms with Crippen LogP contribution in [0.3, 0.4) is 0 Å². The molecule has 0 bridgehead atoms. The molecule has 0 spiro atoms. The molecule has 1 aromatic heterocycles. The molecule has 2 nitrogen and oxygen atoms in total. The van der Waals surface area contributed by atoms with Crippen LogP contribution in [0.1, 0.15) is 62.5 Å². The van der Waals surface area contributed by atoms with E-state index >= 15 is 0 Å². The molecule has 1 aromatic rings. The highest BCUT2D eigenvalue weighted by atomic mass is 32.1. The van der Waals surface area contributed by atoms with Gasteiger partial charge in [0.15, 0.2) is 0 Å². The summed E-state index contributed by atoms with van der Waals surface area (Å²) in [6.07, 6.45) is 2.46. The monoisotopic (exact) mass is 266 g/mol. The number of aromatic nitrogens is 1. The average Bonchev–Trinajstić information content (AvgIpc) is 2.86. The lowest BCUT2D eigenvalue weighted by molar-refractivity contribution is 0.581. The highest BCUT2D eigenvalue weighted by Gasteiger charge is 2.37. The van der Waals surface area contributed by atoms with E-state index < -0.39 is 0 Å². The zero-order chi connectivity index (χ0) is 13.3. The Hall–Kier alpha value is -0.410. The Labute approximate surface area is 115 Å². The predicted molar refractivity (Wildman–Crippen MR) is 79.2 cm³/mol. The van der Waals surface area contributed by atoms with Gasteiger partial charge in [-0.2, -0.15) is 0 Å². The van der Waals surface area contributed by atoms with Crippen LogP contribution < -0.4 is 5.32 Å². The third kappa shape index (κ3) is 3.55. The van der Waals surface area contributed by atoms with E-state index in [1.54, 1.807) is 0 Å². The third-order valence-corrected chi connectivity index (χ3v) is 4.72. The summed E-state index contributed by atoms with van der Waals surface area (Å²) >= 11 is 1.94. The van der Waals surface area contributed by atoms with Crippen molar-refractivity contribution in [3.05, 3.63) is 15.6 Å². The summed E-state index contributed by atoms with van der Waals surface area (Å²) in [5.74, 6) is 2.30. The van der Waals surface area contributed by atoms with E-state index in [9.17, 15) is 0 Å². The molecule has 1 heterocycles. The van der Waals surface area contributed by atoms with Crippen LogP contribution in [0.25, 0.3) is 0 Å². The van der Waals surface area contributed by atoms with Gasteiger partial charge in [0.1, 0.15) is 0 Å². The highest BCUT2D eigenvalue weighted by molar-refractivity contribution is 7.11. The van der Waals surface area contributed by atoms with Crippen molar-refractivity contribution in [1.82, 2.24) is 10.3 Å². The molecule has 102 valence electrons. The topological polar surface area (TPSA) is 24.9 Å². The van der Waals surface area contributed by atoms with Crippen LogP contribution in [0.2, 0.25) is 0 Å². The van der Waals surface area contributed by atoms with E-state index in [4.69, 9.17) is 4.98 Å². The first-order valence-corrected chi connectivity index (χ1v) is 8.00. The first-order chi connectivity index (χ1) is 8.47. The van der Waals surface area contributed by atoms with E-state index in [1.807, 2.05) is 11.3 Å². The van der Waals surface area contributed by atoms with Crippen LogP contribution in [-0.2, 0) is 13.0 Å². The molecule has 1 N–H and O–H groups in total. The van der Waals surface area contributed by atoms with Gasteiger partial charge >= 0.3 is 0 Å². The van der Waals surface area contributed by atoms with Crippen molar-refractivity contribution in [1.29, 1.82) is 0 Å². The number of thiazole rings is 1. The van der Waals surface area contributed by atoms with Gasteiger partial charge < -0.3 is 5.32 Å². The van der Waals surface area contributed by atoms with Gasteiger partial charge in [-0.15, -0.1) is 11.3 Å². The standard InChI is InChI=1S/C15H26N2S/c1-9(2)6-13-14(8-16-10(3)4)18-15(17-13)12-7-11(12)5/h9-12,16H,6-8H2,1-5H3. The van der Waals surface area contributed by atoms with Crippen LogP contribution in [0.15, 0.2) is 0 Å². The Kier molecular flexibility index (Phi) is 4.44. The van der Waals surface area contributed by atoms with Crippen molar-refractivity contribution in [3.63, 3.8) is 0 Å². The Morgan fingerprint density at radius 3 is 2.50 bits per heavy atom. The molecule has 1 aliphatic carbocycles. The number of rotatable bonds is 6. The minimum absolute atomic E-state index is 0.544. The first kappa shape index (κ1) is 14.0. The summed E-state index contributed by atoms with van der Waals surface area (Å²) in [5.41, 5.74) is 1.34. The Morgan fingerprint density at radius 1 is 1.33 bits per heavy atom. The molecule has 0 radical (unpaired) electrons. The molecular weight excluding hydrogens is 240 g/mol. The predicted octanol–water partition coefficient (Wildman–Crippen LogP) is 3.96. The smallest absolute Gasteiger partial charge is 0.0965 e. The molecular formula is C15H26N2S. The summed E-state index contributed by atoms with van der Waals surface area (Å²) in [7, 11) is 0. The molecule has 0 saturated heterocycles. The van der Waals surface area contributed by atoms with Gasteiger partial charge in [0.05, 0.1) is 10.7 Å². The molecule has 2 rings (SSSR count). The molecule has 2 atom stereocenters. The summed E-state index contributed by atoms with van der Waals surface area (Å²) in [6, 6.07) is 0.544. The molecule has 0 amide bonds. The number of nitrogens with one attached hydrogen (secondary N) is 1. The van der Waals surface area contributed by atoms with Crippen molar-refractivity contribution < 1.29 is 0 Å². The first-order valence-electron chi connectivity index (χ1n) is 7.19. The largest absolute Gasteiger partial charge is 0.310 e. The van der Waals surface area contributed by atoms with Crippen molar-refractivity contribution in [3.8, 4) is 0 Å². The van der Waals surface area contributed by atoms with Gasteiger partial charge in [0.25, 0.3) is 0 Å². The lowest BCUT2D eigenvalue weighted by atomic mass is 10.1. The second kappa shape index (κ2) is 5.70. The van der Waals surface area contributed by atoms with Crippen LogP contribution in [0, 0.1) is 11.8 Å². The second-order valence-corrected chi connectivity index (χ2v) is 7.49. The molecule has 18 heavy (non-hydrogen) atoms. The normalized spacial score (nSPS) is 23.1. The molecule has 1 fully saturated rings.